The molecule has 1 unspecified atom stereocenters. The van der Waals surface area contributed by atoms with Crippen LogP contribution in [0.25, 0.3) is 0 Å². The van der Waals surface area contributed by atoms with E-state index in [0.29, 0.717) is 0 Å². The van der Waals surface area contributed by atoms with E-state index in [1.807, 2.05) is 0 Å². The highest BCUT2D eigenvalue weighted by Crippen LogP contribution is 2.25. The summed E-state index contributed by atoms with van der Waals surface area (Å²) in [5.74, 6) is 0. The van der Waals surface area contributed by atoms with Gasteiger partial charge in [-0.15, -0.1) is 0 Å². The molecule has 0 saturated carbocycles. The fraction of sp³-hybridized carbons (Fsp3) is 0.600. The van der Waals surface area contributed by atoms with E-state index < -0.39 is 0 Å². The molecule has 1 heterocycles. The van der Waals surface area contributed by atoms with Gasteiger partial charge in [-0.25, -0.2) is 0 Å². The Bertz CT molecular complexity index is 408. The molecule has 0 amide bonds. The molecule has 1 atom stereocenters. The molecular weight excluding hydrogens is 224 g/mol. The largest absolute Gasteiger partial charge is 0.394 e. The standard InChI is InChI=1S/C15H24N2O/c1-11-5-12(2)7-13(6-11)17-10-15(3,4)16-8-14(17)9-18/h5-7,14,16,18H,8-10H2,1-4H3. The molecule has 1 saturated heterocycles. The smallest absolute Gasteiger partial charge is 0.0647 e. The number of nitrogens with zero attached hydrogens (tertiary/aromatic N) is 1. The van der Waals surface area contributed by atoms with E-state index in [9.17, 15) is 5.11 Å². The van der Waals surface area contributed by atoms with Gasteiger partial charge in [-0.05, 0) is 51.0 Å². The first-order valence-corrected chi connectivity index (χ1v) is 6.62. The average Bonchev–Trinajstić information content (AvgIpc) is 2.26. The lowest BCUT2D eigenvalue weighted by Gasteiger charge is -2.45. The molecule has 2 rings (SSSR count). The summed E-state index contributed by atoms with van der Waals surface area (Å²) in [5.41, 5.74) is 3.86. The molecular formula is C15H24N2O. The van der Waals surface area contributed by atoms with Crippen molar-refractivity contribution in [1.82, 2.24) is 5.32 Å². The van der Waals surface area contributed by atoms with Crippen molar-refractivity contribution in [2.24, 2.45) is 0 Å². The number of aliphatic hydroxyl groups is 1. The third kappa shape index (κ3) is 2.85. The van der Waals surface area contributed by atoms with Crippen LogP contribution in [0.2, 0.25) is 0 Å². The van der Waals surface area contributed by atoms with E-state index in [-0.39, 0.29) is 18.2 Å². The molecule has 3 nitrogen and oxygen atoms in total. The zero-order chi connectivity index (χ0) is 13.3. The van der Waals surface area contributed by atoms with Crippen LogP contribution >= 0.6 is 0 Å². The second kappa shape index (κ2) is 4.90. The van der Waals surface area contributed by atoms with Crippen molar-refractivity contribution in [3.05, 3.63) is 29.3 Å². The second-order valence-corrected chi connectivity index (χ2v) is 6.07. The minimum absolute atomic E-state index is 0.0866. The maximum Gasteiger partial charge on any atom is 0.0647 e. The molecule has 1 fully saturated rings. The topological polar surface area (TPSA) is 35.5 Å². The number of aliphatic hydroxyl groups excluding tert-OH is 1. The first-order valence-electron chi connectivity index (χ1n) is 6.62. The Morgan fingerprint density at radius 1 is 1.28 bits per heavy atom. The lowest BCUT2D eigenvalue weighted by molar-refractivity contribution is 0.215. The zero-order valence-electron chi connectivity index (χ0n) is 11.8. The Morgan fingerprint density at radius 2 is 1.89 bits per heavy atom. The van der Waals surface area contributed by atoms with Crippen molar-refractivity contribution in [1.29, 1.82) is 0 Å². The highest BCUT2D eigenvalue weighted by molar-refractivity contribution is 5.52. The van der Waals surface area contributed by atoms with E-state index in [1.54, 1.807) is 0 Å². The van der Waals surface area contributed by atoms with Gasteiger partial charge in [-0.3, -0.25) is 0 Å². The summed E-state index contributed by atoms with van der Waals surface area (Å²) in [6.07, 6.45) is 0. The number of aryl methyl sites for hydroxylation is 2. The summed E-state index contributed by atoms with van der Waals surface area (Å²) in [5, 5.41) is 13.0. The van der Waals surface area contributed by atoms with Crippen LogP contribution in [0.3, 0.4) is 0 Å². The predicted molar refractivity (Wildman–Crippen MR) is 76.2 cm³/mol. The van der Waals surface area contributed by atoms with E-state index in [4.69, 9.17) is 0 Å². The van der Waals surface area contributed by atoms with E-state index in [0.717, 1.165) is 13.1 Å². The SMILES string of the molecule is Cc1cc(C)cc(N2CC(C)(C)NCC2CO)c1. The number of benzene rings is 1. The molecule has 3 heteroatoms. The minimum Gasteiger partial charge on any atom is -0.394 e. The number of piperazine rings is 1. The van der Waals surface area contributed by atoms with Gasteiger partial charge in [-0.2, -0.15) is 0 Å². The normalized spacial score (nSPS) is 23.2. The fourth-order valence-electron chi connectivity index (χ4n) is 2.70. The van der Waals surface area contributed by atoms with Crippen LogP contribution in [0.15, 0.2) is 18.2 Å². The number of rotatable bonds is 2. The Balaban J connectivity index is 2.32. The van der Waals surface area contributed by atoms with Gasteiger partial charge in [0.1, 0.15) is 0 Å². The van der Waals surface area contributed by atoms with E-state index in [1.165, 1.54) is 16.8 Å². The molecule has 18 heavy (non-hydrogen) atoms. The quantitative estimate of drug-likeness (QED) is 0.838. The second-order valence-electron chi connectivity index (χ2n) is 6.07. The fourth-order valence-corrected chi connectivity index (χ4v) is 2.70. The van der Waals surface area contributed by atoms with Crippen LogP contribution in [-0.2, 0) is 0 Å². The van der Waals surface area contributed by atoms with Gasteiger partial charge in [0.2, 0.25) is 0 Å². The lowest BCUT2D eigenvalue weighted by atomic mass is 9.97. The van der Waals surface area contributed by atoms with Gasteiger partial charge < -0.3 is 15.3 Å². The number of nitrogens with one attached hydrogen (secondary N) is 1. The van der Waals surface area contributed by atoms with Crippen LogP contribution in [0.5, 0.6) is 0 Å². The molecule has 1 aliphatic heterocycles. The number of hydrogen-bond donors (Lipinski definition) is 2. The molecule has 2 N–H and O–H groups in total. The highest BCUT2D eigenvalue weighted by atomic mass is 16.3. The summed E-state index contributed by atoms with van der Waals surface area (Å²) >= 11 is 0. The summed E-state index contributed by atoms with van der Waals surface area (Å²) < 4.78 is 0. The molecule has 1 aromatic carbocycles. The number of anilines is 1. The summed E-state index contributed by atoms with van der Waals surface area (Å²) in [7, 11) is 0. The van der Waals surface area contributed by atoms with Crippen molar-refractivity contribution in [3.63, 3.8) is 0 Å². The maximum atomic E-state index is 9.55. The highest BCUT2D eigenvalue weighted by Gasteiger charge is 2.32. The molecule has 0 radical (unpaired) electrons. The van der Waals surface area contributed by atoms with Crippen molar-refractivity contribution in [2.45, 2.75) is 39.3 Å². The Labute approximate surface area is 110 Å². The molecule has 1 aliphatic rings. The first kappa shape index (κ1) is 13.4. The van der Waals surface area contributed by atoms with Gasteiger partial charge >= 0.3 is 0 Å². The van der Waals surface area contributed by atoms with Crippen LogP contribution in [0.1, 0.15) is 25.0 Å². The van der Waals surface area contributed by atoms with Gasteiger partial charge in [-0.1, -0.05) is 6.07 Å². The number of hydrogen-bond acceptors (Lipinski definition) is 3. The van der Waals surface area contributed by atoms with Gasteiger partial charge in [0.25, 0.3) is 0 Å². The van der Waals surface area contributed by atoms with Crippen LogP contribution in [0.4, 0.5) is 5.69 Å². The minimum atomic E-state index is 0.0866. The lowest BCUT2D eigenvalue weighted by Crippen LogP contribution is -2.62. The predicted octanol–water partition coefficient (Wildman–Crippen LogP) is 1.85. The molecule has 0 bridgehead atoms. The van der Waals surface area contributed by atoms with Gasteiger partial charge in [0, 0.05) is 24.3 Å². The summed E-state index contributed by atoms with van der Waals surface area (Å²) in [4.78, 5) is 2.33. The Hall–Kier alpha value is -1.06. The monoisotopic (exact) mass is 248 g/mol. The Kier molecular flexibility index (Phi) is 3.64. The summed E-state index contributed by atoms with van der Waals surface area (Å²) in [6, 6.07) is 6.76. The van der Waals surface area contributed by atoms with Crippen LogP contribution in [0, 0.1) is 13.8 Å². The van der Waals surface area contributed by atoms with E-state index in [2.05, 4.69) is 56.1 Å². The first-order chi connectivity index (χ1) is 8.41. The Morgan fingerprint density at radius 3 is 2.44 bits per heavy atom. The summed E-state index contributed by atoms with van der Waals surface area (Å²) in [6.45, 7) is 10.6. The molecule has 100 valence electrons. The van der Waals surface area contributed by atoms with Crippen molar-refractivity contribution >= 4 is 5.69 Å². The zero-order valence-corrected chi connectivity index (χ0v) is 11.8. The molecule has 1 aromatic rings. The van der Waals surface area contributed by atoms with Crippen LogP contribution < -0.4 is 10.2 Å². The molecule has 0 aromatic heterocycles. The van der Waals surface area contributed by atoms with Crippen molar-refractivity contribution in [2.75, 3.05) is 24.6 Å². The molecule has 0 aliphatic carbocycles. The van der Waals surface area contributed by atoms with Gasteiger partial charge in [0.15, 0.2) is 0 Å². The third-order valence-corrected chi connectivity index (χ3v) is 3.57. The maximum absolute atomic E-state index is 9.55. The van der Waals surface area contributed by atoms with Crippen LogP contribution in [-0.4, -0.2) is 36.4 Å². The van der Waals surface area contributed by atoms with Crippen molar-refractivity contribution < 1.29 is 5.11 Å². The van der Waals surface area contributed by atoms with Crippen molar-refractivity contribution in [3.8, 4) is 0 Å². The van der Waals surface area contributed by atoms with Gasteiger partial charge in [0.05, 0.1) is 12.6 Å². The average molecular weight is 248 g/mol. The van der Waals surface area contributed by atoms with E-state index >= 15 is 0 Å². The molecule has 0 spiro atoms. The third-order valence-electron chi connectivity index (χ3n) is 3.57.